The predicted molar refractivity (Wildman–Crippen MR) is 115 cm³/mol. The summed E-state index contributed by atoms with van der Waals surface area (Å²) in [6.45, 7) is 0.505. The Morgan fingerprint density at radius 3 is 2.16 bits per heavy atom. The molecule has 0 fully saturated rings. The van der Waals surface area contributed by atoms with Gasteiger partial charge in [0.15, 0.2) is 0 Å². The average molecular weight is 428 g/mol. The van der Waals surface area contributed by atoms with Gasteiger partial charge in [-0.1, -0.05) is 24.3 Å². The Bertz CT molecular complexity index is 886. The number of esters is 2. The van der Waals surface area contributed by atoms with Gasteiger partial charge in [-0.05, 0) is 41.7 Å². The second-order valence-electron chi connectivity index (χ2n) is 6.71. The van der Waals surface area contributed by atoms with Crippen molar-refractivity contribution in [1.82, 2.24) is 5.32 Å². The van der Waals surface area contributed by atoms with Gasteiger partial charge in [-0.2, -0.15) is 0 Å². The fourth-order valence-electron chi connectivity index (χ4n) is 2.75. The monoisotopic (exact) mass is 428 g/mol. The molecular weight excluding hydrogens is 403 g/mol. The lowest BCUT2D eigenvalue weighted by Crippen LogP contribution is -2.41. The number of methoxy groups -OCH3 is 2. The highest BCUT2D eigenvalue weighted by molar-refractivity contribution is 6.58. The van der Waals surface area contributed by atoms with Crippen molar-refractivity contribution in [2.45, 2.75) is 25.4 Å². The lowest BCUT2D eigenvalue weighted by Gasteiger charge is -2.16. The molecule has 10 heteroatoms. The van der Waals surface area contributed by atoms with Crippen LogP contribution in [0.2, 0.25) is 0 Å². The molecule has 0 aliphatic carbocycles. The zero-order valence-electron chi connectivity index (χ0n) is 17.3. The number of carbonyl (C=O) groups is 3. The van der Waals surface area contributed by atoms with Crippen LogP contribution in [0.5, 0.6) is 0 Å². The first-order valence-corrected chi connectivity index (χ1v) is 9.58. The van der Waals surface area contributed by atoms with E-state index in [9.17, 15) is 14.4 Å². The lowest BCUT2D eigenvalue weighted by atomic mass is 9.80. The summed E-state index contributed by atoms with van der Waals surface area (Å²) in [4.78, 5) is 35.7. The molecule has 0 saturated heterocycles. The molecule has 0 heterocycles. The minimum Gasteiger partial charge on any atom is -0.469 e. The SMILES string of the molecule is COC(=O)CCC(NC(=O)c1ccc(NCc2ccc(B(O)O)cc2)cc1)C(=O)OC. The Morgan fingerprint density at radius 2 is 1.61 bits per heavy atom. The van der Waals surface area contributed by atoms with E-state index in [0.29, 0.717) is 17.6 Å². The minimum atomic E-state index is -1.50. The third-order valence-corrected chi connectivity index (χ3v) is 4.58. The molecule has 164 valence electrons. The van der Waals surface area contributed by atoms with E-state index in [-0.39, 0.29) is 12.8 Å². The van der Waals surface area contributed by atoms with Crippen molar-refractivity contribution in [3.63, 3.8) is 0 Å². The van der Waals surface area contributed by atoms with Crippen molar-refractivity contribution in [3.8, 4) is 0 Å². The van der Waals surface area contributed by atoms with E-state index in [4.69, 9.17) is 10.0 Å². The van der Waals surface area contributed by atoms with Crippen LogP contribution in [-0.2, 0) is 25.6 Å². The van der Waals surface area contributed by atoms with Crippen molar-refractivity contribution in [3.05, 3.63) is 59.7 Å². The summed E-state index contributed by atoms with van der Waals surface area (Å²) >= 11 is 0. The van der Waals surface area contributed by atoms with Crippen LogP contribution >= 0.6 is 0 Å². The van der Waals surface area contributed by atoms with Crippen LogP contribution in [0.3, 0.4) is 0 Å². The lowest BCUT2D eigenvalue weighted by molar-refractivity contribution is -0.144. The highest BCUT2D eigenvalue weighted by atomic mass is 16.5. The third kappa shape index (κ3) is 7.43. The van der Waals surface area contributed by atoms with Gasteiger partial charge in [0.05, 0.1) is 14.2 Å². The molecule has 1 atom stereocenters. The summed E-state index contributed by atoms with van der Waals surface area (Å²) in [6, 6.07) is 12.5. The van der Waals surface area contributed by atoms with Gasteiger partial charge in [-0.3, -0.25) is 9.59 Å². The summed E-state index contributed by atoms with van der Waals surface area (Å²) in [5, 5.41) is 24.0. The Labute approximate surface area is 180 Å². The number of carbonyl (C=O) groups excluding carboxylic acids is 3. The van der Waals surface area contributed by atoms with Crippen molar-refractivity contribution >= 4 is 36.1 Å². The highest BCUT2D eigenvalue weighted by Crippen LogP contribution is 2.12. The number of hydrogen-bond donors (Lipinski definition) is 4. The van der Waals surface area contributed by atoms with Crippen LogP contribution in [0.4, 0.5) is 5.69 Å². The topological polar surface area (TPSA) is 134 Å². The van der Waals surface area contributed by atoms with Crippen LogP contribution in [0, 0.1) is 0 Å². The molecule has 1 amide bonds. The van der Waals surface area contributed by atoms with E-state index in [2.05, 4.69) is 20.1 Å². The maximum absolute atomic E-state index is 12.5. The molecule has 31 heavy (non-hydrogen) atoms. The maximum Gasteiger partial charge on any atom is 0.488 e. The van der Waals surface area contributed by atoms with Gasteiger partial charge in [0.1, 0.15) is 6.04 Å². The Hall–Kier alpha value is -3.37. The van der Waals surface area contributed by atoms with Crippen LogP contribution in [-0.4, -0.2) is 55.3 Å². The smallest absolute Gasteiger partial charge is 0.469 e. The maximum atomic E-state index is 12.5. The first-order chi connectivity index (χ1) is 14.8. The molecule has 0 aliphatic rings. The second kappa shape index (κ2) is 11.7. The number of anilines is 1. The molecule has 0 saturated carbocycles. The summed E-state index contributed by atoms with van der Waals surface area (Å²) < 4.78 is 9.24. The number of rotatable bonds is 10. The van der Waals surface area contributed by atoms with Crippen molar-refractivity contribution in [1.29, 1.82) is 0 Å². The van der Waals surface area contributed by atoms with Gasteiger partial charge in [-0.15, -0.1) is 0 Å². The highest BCUT2D eigenvalue weighted by Gasteiger charge is 2.23. The largest absolute Gasteiger partial charge is 0.488 e. The molecule has 9 nitrogen and oxygen atoms in total. The van der Waals surface area contributed by atoms with E-state index in [1.54, 1.807) is 48.5 Å². The van der Waals surface area contributed by atoms with E-state index >= 15 is 0 Å². The van der Waals surface area contributed by atoms with Gasteiger partial charge >= 0.3 is 19.1 Å². The number of ether oxygens (including phenoxy) is 2. The third-order valence-electron chi connectivity index (χ3n) is 4.58. The number of hydrogen-bond acceptors (Lipinski definition) is 8. The minimum absolute atomic E-state index is 0.0301. The molecule has 2 aromatic carbocycles. The Morgan fingerprint density at radius 1 is 0.968 bits per heavy atom. The number of nitrogens with one attached hydrogen (secondary N) is 2. The quantitative estimate of drug-likeness (QED) is 0.312. The van der Waals surface area contributed by atoms with Gasteiger partial charge in [0.25, 0.3) is 5.91 Å². The molecule has 0 bridgehead atoms. The molecule has 0 spiro atoms. The molecular formula is C21H25BN2O7. The molecule has 0 aliphatic heterocycles. The molecule has 2 aromatic rings. The van der Waals surface area contributed by atoms with Crippen LogP contribution in [0.25, 0.3) is 0 Å². The van der Waals surface area contributed by atoms with E-state index in [0.717, 1.165) is 11.3 Å². The van der Waals surface area contributed by atoms with Gasteiger partial charge in [0, 0.05) is 24.2 Å². The summed E-state index contributed by atoms with van der Waals surface area (Å²) in [7, 11) is 0.956. The second-order valence-corrected chi connectivity index (χ2v) is 6.71. The molecule has 4 N–H and O–H groups in total. The first kappa shape index (κ1) is 23.9. The molecule has 2 rings (SSSR count). The normalized spacial score (nSPS) is 11.2. The number of amides is 1. The standard InChI is InChI=1S/C21H25BN2O7/c1-30-19(25)12-11-18(21(27)31-2)24-20(26)15-5-9-17(10-6-15)23-13-14-3-7-16(8-4-14)22(28)29/h3-10,18,23,28-29H,11-13H2,1-2H3,(H,24,26). The first-order valence-electron chi connectivity index (χ1n) is 9.58. The fourth-order valence-corrected chi connectivity index (χ4v) is 2.75. The van der Waals surface area contributed by atoms with Gasteiger partial charge in [-0.25, -0.2) is 4.79 Å². The van der Waals surface area contributed by atoms with Crippen molar-refractivity contribution < 1.29 is 33.9 Å². The molecule has 1 unspecified atom stereocenters. The zero-order valence-corrected chi connectivity index (χ0v) is 17.3. The van der Waals surface area contributed by atoms with E-state index < -0.39 is 31.0 Å². The summed E-state index contributed by atoms with van der Waals surface area (Å²) in [5.41, 5.74) is 2.48. The van der Waals surface area contributed by atoms with E-state index in [1.807, 2.05) is 0 Å². The van der Waals surface area contributed by atoms with Gasteiger partial charge in [0.2, 0.25) is 0 Å². The fraction of sp³-hybridized carbons (Fsp3) is 0.286. The van der Waals surface area contributed by atoms with Crippen molar-refractivity contribution in [2.75, 3.05) is 19.5 Å². The average Bonchev–Trinajstić information content (AvgIpc) is 2.79. The van der Waals surface area contributed by atoms with Crippen LogP contribution < -0.4 is 16.1 Å². The van der Waals surface area contributed by atoms with Gasteiger partial charge < -0.3 is 30.2 Å². The predicted octanol–water partition coefficient (Wildman–Crippen LogP) is 0.203. The Balaban J connectivity index is 1.93. The molecule has 0 aromatic heterocycles. The zero-order chi connectivity index (χ0) is 22.8. The number of benzene rings is 2. The van der Waals surface area contributed by atoms with Crippen molar-refractivity contribution in [2.24, 2.45) is 0 Å². The summed E-state index contributed by atoms with van der Waals surface area (Å²) in [5.74, 6) is -1.60. The van der Waals surface area contributed by atoms with Crippen LogP contribution in [0.15, 0.2) is 48.5 Å². The van der Waals surface area contributed by atoms with E-state index in [1.165, 1.54) is 14.2 Å². The summed E-state index contributed by atoms with van der Waals surface area (Å²) in [6.07, 6.45) is 0.0362. The van der Waals surface area contributed by atoms with Crippen LogP contribution in [0.1, 0.15) is 28.8 Å². The Kier molecular flexibility index (Phi) is 9.04. The molecule has 0 radical (unpaired) electrons.